The predicted molar refractivity (Wildman–Crippen MR) is 79.7 cm³/mol. The van der Waals surface area contributed by atoms with Gasteiger partial charge in [0.15, 0.2) is 0 Å². The average molecular weight is 294 g/mol. The maximum Gasteiger partial charge on any atom is 0.409 e. The molecule has 0 bridgehead atoms. The Kier molecular flexibility index (Phi) is 5.99. The lowest BCUT2D eigenvalue weighted by molar-refractivity contribution is 0.0952. The van der Waals surface area contributed by atoms with Crippen molar-refractivity contribution in [2.75, 3.05) is 26.2 Å². The van der Waals surface area contributed by atoms with Crippen LogP contribution < -0.4 is 5.32 Å². The van der Waals surface area contributed by atoms with E-state index in [1.807, 2.05) is 19.1 Å². The van der Waals surface area contributed by atoms with Gasteiger partial charge in [-0.3, -0.25) is 0 Å². The smallest absolute Gasteiger partial charge is 0.409 e. The Hall–Kier alpha value is -1.62. The summed E-state index contributed by atoms with van der Waals surface area (Å²) in [6, 6.07) is 7.27. The zero-order valence-electron chi connectivity index (χ0n) is 12.5. The van der Waals surface area contributed by atoms with Crippen LogP contribution in [0.1, 0.15) is 25.3 Å². The van der Waals surface area contributed by atoms with E-state index in [9.17, 15) is 9.18 Å². The molecule has 0 atom stereocenters. The molecule has 1 aromatic carbocycles. The number of halogens is 1. The van der Waals surface area contributed by atoms with Gasteiger partial charge in [0.25, 0.3) is 0 Å². The third-order valence-corrected chi connectivity index (χ3v) is 3.81. The fourth-order valence-electron chi connectivity index (χ4n) is 2.59. The van der Waals surface area contributed by atoms with Crippen LogP contribution in [0.15, 0.2) is 24.3 Å². The molecule has 1 N–H and O–H groups in total. The van der Waals surface area contributed by atoms with E-state index in [1.165, 1.54) is 6.07 Å². The van der Waals surface area contributed by atoms with Crippen molar-refractivity contribution in [2.45, 2.75) is 32.2 Å². The van der Waals surface area contributed by atoms with E-state index in [0.29, 0.717) is 19.1 Å². The van der Waals surface area contributed by atoms with Crippen LogP contribution in [0, 0.1) is 5.82 Å². The molecule has 116 valence electrons. The van der Waals surface area contributed by atoms with Gasteiger partial charge >= 0.3 is 6.09 Å². The fourth-order valence-corrected chi connectivity index (χ4v) is 2.59. The average Bonchev–Trinajstić information content (AvgIpc) is 2.50. The van der Waals surface area contributed by atoms with Crippen molar-refractivity contribution in [1.29, 1.82) is 0 Å². The normalized spacial score (nSPS) is 16.0. The zero-order valence-corrected chi connectivity index (χ0v) is 12.5. The third kappa shape index (κ3) is 4.70. The van der Waals surface area contributed by atoms with Gasteiger partial charge in [0.1, 0.15) is 5.82 Å². The number of rotatable bonds is 5. The maximum absolute atomic E-state index is 13.5. The predicted octanol–water partition coefficient (Wildman–Crippen LogP) is 2.58. The molecular formula is C16H23FN2O2. The topological polar surface area (TPSA) is 41.6 Å². The Morgan fingerprint density at radius 3 is 2.76 bits per heavy atom. The molecule has 0 spiro atoms. The van der Waals surface area contributed by atoms with Crippen LogP contribution in [0.4, 0.5) is 9.18 Å². The first kappa shape index (κ1) is 15.8. The molecule has 4 nitrogen and oxygen atoms in total. The van der Waals surface area contributed by atoms with Crippen molar-refractivity contribution in [1.82, 2.24) is 10.2 Å². The Labute approximate surface area is 125 Å². The molecule has 0 aliphatic carbocycles. The summed E-state index contributed by atoms with van der Waals surface area (Å²) in [5, 5.41) is 3.44. The molecule has 5 heteroatoms. The van der Waals surface area contributed by atoms with Crippen molar-refractivity contribution in [3.63, 3.8) is 0 Å². The SMILES string of the molecule is CCOC(=O)N1CCC(NCCc2ccccc2F)CC1. The first-order chi connectivity index (χ1) is 10.2. The summed E-state index contributed by atoms with van der Waals surface area (Å²) in [6.07, 6.45) is 2.29. The highest BCUT2D eigenvalue weighted by molar-refractivity contribution is 5.67. The molecule has 1 fully saturated rings. The van der Waals surface area contributed by atoms with E-state index >= 15 is 0 Å². The summed E-state index contributed by atoms with van der Waals surface area (Å²) in [4.78, 5) is 13.3. The monoisotopic (exact) mass is 294 g/mol. The van der Waals surface area contributed by atoms with E-state index in [0.717, 1.165) is 38.0 Å². The summed E-state index contributed by atoms with van der Waals surface area (Å²) in [6.45, 7) is 4.42. The molecule has 0 aromatic heterocycles. The van der Waals surface area contributed by atoms with Gasteiger partial charge < -0.3 is 15.0 Å². The first-order valence-electron chi connectivity index (χ1n) is 7.59. The lowest BCUT2D eigenvalue weighted by atomic mass is 10.0. The highest BCUT2D eigenvalue weighted by Gasteiger charge is 2.22. The zero-order chi connectivity index (χ0) is 15.1. The minimum absolute atomic E-state index is 0.142. The van der Waals surface area contributed by atoms with Gasteiger partial charge in [-0.1, -0.05) is 18.2 Å². The summed E-state index contributed by atoms with van der Waals surface area (Å²) in [7, 11) is 0. The van der Waals surface area contributed by atoms with Gasteiger partial charge in [-0.25, -0.2) is 9.18 Å². The van der Waals surface area contributed by atoms with Crippen LogP contribution in [0.3, 0.4) is 0 Å². The molecular weight excluding hydrogens is 271 g/mol. The molecule has 1 amide bonds. The Morgan fingerprint density at radius 2 is 2.10 bits per heavy atom. The van der Waals surface area contributed by atoms with Gasteiger partial charge in [-0.15, -0.1) is 0 Å². The molecule has 0 radical (unpaired) electrons. The maximum atomic E-state index is 13.5. The highest BCUT2D eigenvalue weighted by Crippen LogP contribution is 2.12. The Morgan fingerprint density at radius 1 is 1.38 bits per heavy atom. The van der Waals surface area contributed by atoms with Crippen molar-refractivity contribution in [2.24, 2.45) is 0 Å². The quantitative estimate of drug-likeness (QED) is 0.907. The Bertz CT molecular complexity index is 459. The van der Waals surface area contributed by atoms with E-state index in [1.54, 1.807) is 11.0 Å². The number of carbonyl (C=O) groups excluding carboxylic acids is 1. The minimum Gasteiger partial charge on any atom is -0.450 e. The highest BCUT2D eigenvalue weighted by atomic mass is 19.1. The number of likely N-dealkylation sites (tertiary alicyclic amines) is 1. The summed E-state index contributed by atoms with van der Waals surface area (Å²) < 4.78 is 18.5. The van der Waals surface area contributed by atoms with Gasteiger partial charge in [0, 0.05) is 19.1 Å². The summed E-state index contributed by atoms with van der Waals surface area (Å²) >= 11 is 0. The van der Waals surface area contributed by atoms with Crippen LogP contribution in [0.25, 0.3) is 0 Å². The number of nitrogens with zero attached hydrogens (tertiary/aromatic N) is 1. The summed E-state index contributed by atoms with van der Waals surface area (Å²) in [5.41, 5.74) is 0.744. The number of hydrogen-bond acceptors (Lipinski definition) is 3. The van der Waals surface area contributed by atoms with Crippen LogP contribution in [-0.2, 0) is 11.2 Å². The second-order valence-corrected chi connectivity index (χ2v) is 5.26. The van der Waals surface area contributed by atoms with E-state index in [-0.39, 0.29) is 11.9 Å². The number of hydrogen-bond donors (Lipinski definition) is 1. The number of piperidine rings is 1. The molecule has 2 rings (SSSR count). The molecule has 1 aromatic rings. The van der Waals surface area contributed by atoms with Crippen LogP contribution in [0.2, 0.25) is 0 Å². The van der Waals surface area contributed by atoms with Crippen molar-refractivity contribution in [3.05, 3.63) is 35.6 Å². The van der Waals surface area contributed by atoms with Crippen LogP contribution in [-0.4, -0.2) is 43.3 Å². The van der Waals surface area contributed by atoms with E-state index in [2.05, 4.69) is 5.32 Å². The molecule has 1 aliphatic heterocycles. The van der Waals surface area contributed by atoms with Gasteiger partial charge in [0.05, 0.1) is 6.61 Å². The molecule has 0 unspecified atom stereocenters. The number of nitrogens with one attached hydrogen (secondary N) is 1. The molecule has 21 heavy (non-hydrogen) atoms. The number of amides is 1. The number of ether oxygens (including phenoxy) is 1. The van der Waals surface area contributed by atoms with Crippen LogP contribution in [0.5, 0.6) is 0 Å². The molecule has 0 saturated carbocycles. The summed E-state index contributed by atoms with van der Waals surface area (Å²) in [5.74, 6) is -0.142. The molecule has 1 saturated heterocycles. The first-order valence-corrected chi connectivity index (χ1v) is 7.59. The van der Waals surface area contributed by atoms with Crippen LogP contribution >= 0.6 is 0 Å². The van der Waals surface area contributed by atoms with Crippen molar-refractivity contribution >= 4 is 6.09 Å². The van der Waals surface area contributed by atoms with E-state index in [4.69, 9.17) is 4.74 Å². The second-order valence-electron chi connectivity index (χ2n) is 5.26. The lowest BCUT2D eigenvalue weighted by Crippen LogP contribution is -2.45. The largest absolute Gasteiger partial charge is 0.450 e. The van der Waals surface area contributed by atoms with E-state index < -0.39 is 0 Å². The minimum atomic E-state index is -0.220. The Balaban J connectivity index is 1.67. The molecule has 1 heterocycles. The fraction of sp³-hybridized carbons (Fsp3) is 0.562. The number of carbonyl (C=O) groups is 1. The van der Waals surface area contributed by atoms with Crippen molar-refractivity contribution < 1.29 is 13.9 Å². The third-order valence-electron chi connectivity index (χ3n) is 3.81. The van der Waals surface area contributed by atoms with Crippen molar-refractivity contribution in [3.8, 4) is 0 Å². The standard InChI is InChI=1S/C16H23FN2O2/c1-2-21-16(20)19-11-8-14(9-12-19)18-10-7-13-5-3-4-6-15(13)17/h3-6,14,18H,2,7-12H2,1H3. The second kappa shape index (κ2) is 7.98. The number of benzene rings is 1. The van der Waals surface area contributed by atoms with Gasteiger partial charge in [-0.2, -0.15) is 0 Å². The van der Waals surface area contributed by atoms with Gasteiger partial charge in [0.2, 0.25) is 0 Å². The van der Waals surface area contributed by atoms with Gasteiger partial charge in [-0.05, 0) is 44.4 Å². The molecule has 1 aliphatic rings. The lowest BCUT2D eigenvalue weighted by Gasteiger charge is -2.31.